The zero-order valence-corrected chi connectivity index (χ0v) is 12.1. The number of hydrogen-bond acceptors (Lipinski definition) is 4. The van der Waals surface area contributed by atoms with Gasteiger partial charge >= 0.3 is 0 Å². The molecular weight excluding hydrogens is 289 g/mol. The number of pyridine rings is 1. The number of anilines is 1. The molecule has 0 aliphatic carbocycles. The number of hydrogen-bond donors (Lipinski definition) is 1. The molecule has 21 heavy (non-hydrogen) atoms. The van der Waals surface area contributed by atoms with Crippen LogP contribution in [-0.4, -0.2) is 30.6 Å². The summed E-state index contributed by atoms with van der Waals surface area (Å²) in [7, 11) is 0. The van der Waals surface area contributed by atoms with Crippen LogP contribution in [0.4, 0.5) is 10.1 Å². The Bertz CT molecular complexity index is 880. The number of thiazole rings is 1. The summed E-state index contributed by atoms with van der Waals surface area (Å²) in [4.78, 5) is 15.0. The number of aromatic nitrogens is 1. The van der Waals surface area contributed by atoms with Gasteiger partial charge in [0.15, 0.2) is 5.43 Å². The van der Waals surface area contributed by atoms with Crippen LogP contribution in [0.5, 0.6) is 0 Å². The van der Waals surface area contributed by atoms with Crippen LogP contribution in [0.1, 0.15) is 0 Å². The fraction of sp³-hybridized carbons (Fsp3) is 0.267. The van der Waals surface area contributed by atoms with E-state index in [9.17, 15) is 9.18 Å². The largest absolute Gasteiger partial charge is 0.367 e. The lowest BCUT2D eigenvalue weighted by Gasteiger charge is -2.29. The van der Waals surface area contributed by atoms with E-state index in [0.717, 1.165) is 36.5 Å². The van der Waals surface area contributed by atoms with Crippen molar-refractivity contribution in [3.8, 4) is 0 Å². The maximum atomic E-state index is 14.4. The van der Waals surface area contributed by atoms with Gasteiger partial charge in [-0.1, -0.05) is 0 Å². The van der Waals surface area contributed by atoms with Gasteiger partial charge in [-0.15, -0.1) is 11.3 Å². The van der Waals surface area contributed by atoms with Crippen molar-refractivity contribution >= 4 is 32.8 Å². The van der Waals surface area contributed by atoms with Gasteiger partial charge in [-0.05, 0) is 12.1 Å². The number of fused-ring (bicyclic) bond motifs is 3. The van der Waals surface area contributed by atoms with Crippen molar-refractivity contribution in [1.29, 1.82) is 0 Å². The van der Waals surface area contributed by atoms with E-state index in [4.69, 9.17) is 0 Å². The number of halogens is 1. The van der Waals surface area contributed by atoms with Crippen molar-refractivity contribution in [1.82, 2.24) is 9.72 Å². The predicted molar refractivity (Wildman–Crippen MR) is 84.1 cm³/mol. The van der Waals surface area contributed by atoms with Crippen LogP contribution in [0.3, 0.4) is 0 Å². The standard InChI is InChI=1S/C15H14FN3OS/c16-11-7-10-12(8-13(11)18-3-1-17-2-4-18)19-5-6-21-15(19)9-14(10)20/h5-9,17H,1-4H2. The molecule has 3 aromatic rings. The molecule has 4 nitrogen and oxygen atoms in total. The Kier molecular flexibility index (Phi) is 2.94. The summed E-state index contributed by atoms with van der Waals surface area (Å²) in [6.07, 6.45) is 1.92. The monoisotopic (exact) mass is 303 g/mol. The van der Waals surface area contributed by atoms with Gasteiger partial charge in [-0.2, -0.15) is 0 Å². The molecule has 108 valence electrons. The molecule has 1 saturated heterocycles. The van der Waals surface area contributed by atoms with Gasteiger partial charge in [0.2, 0.25) is 0 Å². The topological polar surface area (TPSA) is 36.8 Å². The lowest BCUT2D eigenvalue weighted by molar-refractivity contribution is 0.567. The molecule has 0 amide bonds. The molecule has 0 spiro atoms. The van der Waals surface area contributed by atoms with E-state index in [1.807, 2.05) is 20.9 Å². The molecule has 4 rings (SSSR count). The highest BCUT2D eigenvalue weighted by atomic mass is 32.1. The molecule has 3 heterocycles. The average molecular weight is 303 g/mol. The first kappa shape index (κ1) is 12.8. The fourth-order valence-electron chi connectivity index (χ4n) is 2.88. The molecule has 2 aromatic heterocycles. The Balaban J connectivity index is 2.00. The number of rotatable bonds is 1. The van der Waals surface area contributed by atoms with E-state index < -0.39 is 0 Å². The molecule has 0 bridgehead atoms. The summed E-state index contributed by atoms with van der Waals surface area (Å²) >= 11 is 1.51. The van der Waals surface area contributed by atoms with Crippen molar-refractivity contribution < 1.29 is 4.39 Å². The highest BCUT2D eigenvalue weighted by molar-refractivity contribution is 7.15. The molecule has 6 heteroatoms. The van der Waals surface area contributed by atoms with Gasteiger partial charge in [0.25, 0.3) is 0 Å². The summed E-state index contributed by atoms with van der Waals surface area (Å²) in [5, 5.41) is 5.62. The molecule has 0 radical (unpaired) electrons. The van der Waals surface area contributed by atoms with Gasteiger partial charge < -0.3 is 14.6 Å². The van der Waals surface area contributed by atoms with Gasteiger partial charge in [0, 0.05) is 49.2 Å². The maximum absolute atomic E-state index is 14.4. The third kappa shape index (κ3) is 2.02. The van der Waals surface area contributed by atoms with E-state index in [1.54, 1.807) is 12.1 Å². The zero-order chi connectivity index (χ0) is 14.4. The van der Waals surface area contributed by atoms with Crippen LogP contribution in [0.15, 0.2) is 34.6 Å². The summed E-state index contributed by atoms with van der Waals surface area (Å²) in [6.45, 7) is 3.24. The first-order valence-corrected chi connectivity index (χ1v) is 7.80. The number of nitrogens with zero attached hydrogens (tertiary/aromatic N) is 2. The van der Waals surface area contributed by atoms with E-state index in [0.29, 0.717) is 11.1 Å². The molecule has 0 saturated carbocycles. The van der Waals surface area contributed by atoms with Crippen molar-refractivity contribution in [2.75, 3.05) is 31.1 Å². The molecule has 1 aliphatic rings. The summed E-state index contributed by atoms with van der Waals surface area (Å²) < 4.78 is 16.4. The van der Waals surface area contributed by atoms with Crippen LogP contribution in [0.2, 0.25) is 0 Å². The normalized spacial score (nSPS) is 16.0. The SMILES string of the molecule is O=c1cc2sccn2c2cc(N3CCNCC3)c(F)cc12. The van der Waals surface area contributed by atoms with Gasteiger partial charge in [0.05, 0.1) is 11.2 Å². The molecule has 1 aromatic carbocycles. The number of benzene rings is 1. The first-order chi connectivity index (χ1) is 10.2. The Morgan fingerprint density at radius 1 is 1.19 bits per heavy atom. The van der Waals surface area contributed by atoms with Crippen molar-refractivity contribution in [3.05, 3.63) is 45.8 Å². The second-order valence-electron chi connectivity index (χ2n) is 5.18. The smallest absolute Gasteiger partial charge is 0.190 e. The molecule has 0 atom stereocenters. The highest BCUT2D eigenvalue weighted by Crippen LogP contribution is 2.26. The maximum Gasteiger partial charge on any atom is 0.190 e. The molecule has 0 unspecified atom stereocenters. The average Bonchev–Trinajstić information content (AvgIpc) is 2.96. The second-order valence-corrected chi connectivity index (χ2v) is 6.10. The summed E-state index contributed by atoms with van der Waals surface area (Å²) in [6, 6.07) is 4.74. The first-order valence-electron chi connectivity index (χ1n) is 6.92. The Labute approximate surface area is 124 Å². The van der Waals surface area contributed by atoms with E-state index in [2.05, 4.69) is 5.32 Å². The summed E-state index contributed by atoms with van der Waals surface area (Å²) in [5.74, 6) is -0.323. The zero-order valence-electron chi connectivity index (χ0n) is 11.3. The Morgan fingerprint density at radius 2 is 2.00 bits per heavy atom. The van der Waals surface area contributed by atoms with Crippen LogP contribution in [0.25, 0.3) is 15.7 Å². The number of nitrogens with one attached hydrogen (secondary N) is 1. The molecule has 1 aliphatic heterocycles. The van der Waals surface area contributed by atoms with Crippen LogP contribution in [0, 0.1) is 5.82 Å². The van der Waals surface area contributed by atoms with E-state index in [-0.39, 0.29) is 11.2 Å². The van der Waals surface area contributed by atoms with Gasteiger partial charge in [-0.3, -0.25) is 4.79 Å². The number of piperazine rings is 1. The van der Waals surface area contributed by atoms with Crippen molar-refractivity contribution in [2.24, 2.45) is 0 Å². The highest BCUT2D eigenvalue weighted by Gasteiger charge is 2.17. The van der Waals surface area contributed by atoms with E-state index >= 15 is 0 Å². The molecule has 1 N–H and O–H groups in total. The van der Waals surface area contributed by atoms with Crippen LogP contribution < -0.4 is 15.6 Å². The lowest BCUT2D eigenvalue weighted by Crippen LogP contribution is -2.43. The van der Waals surface area contributed by atoms with Crippen molar-refractivity contribution in [2.45, 2.75) is 0 Å². The minimum atomic E-state index is -0.323. The lowest BCUT2D eigenvalue weighted by atomic mass is 10.1. The Morgan fingerprint density at radius 3 is 2.81 bits per heavy atom. The van der Waals surface area contributed by atoms with E-state index in [1.165, 1.54) is 17.4 Å². The van der Waals surface area contributed by atoms with Crippen LogP contribution in [-0.2, 0) is 0 Å². The quantitative estimate of drug-likeness (QED) is 0.748. The summed E-state index contributed by atoms with van der Waals surface area (Å²) in [5.41, 5.74) is 1.22. The third-order valence-electron chi connectivity index (χ3n) is 3.94. The fourth-order valence-corrected chi connectivity index (χ4v) is 3.65. The minimum absolute atomic E-state index is 0.127. The Hall–Kier alpha value is -1.92. The predicted octanol–water partition coefficient (Wildman–Crippen LogP) is 2.06. The van der Waals surface area contributed by atoms with Gasteiger partial charge in [-0.25, -0.2) is 4.39 Å². The second kappa shape index (κ2) is 4.82. The molecular formula is C15H14FN3OS. The van der Waals surface area contributed by atoms with Gasteiger partial charge in [0.1, 0.15) is 10.6 Å². The van der Waals surface area contributed by atoms with Crippen molar-refractivity contribution in [3.63, 3.8) is 0 Å². The molecule has 1 fully saturated rings. The minimum Gasteiger partial charge on any atom is -0.367 e. The third-order valence-corrected chi connectivity index (χ3v) is 4.75. The van der Waals surface area contributed by atoms with Crippen LogP contribution >= 0.6 is 11.3 Å².